The van der Waals surface area contributed by atoms with E-state index in [0.717, 1.165) is 16.7 Å². The van der Waals surface area contributed by atoms with Gasteiger partial charge in [-0.2, -0.15) is 0 Å². The summed E-state index contributed by atoms with van der Waals surface area (Å²) in [4.78, 5) is 4.17. The molecular weight excluding hydrogens is 254 g/mol. The summed E-state index contributed by atoms with van der Waals surface area (Å²) in [6.45, 7) is 2.02. The molecule has 1 atom stereocenters. The molecule has 1 heterocycles. The third-order valence-electron chi connectivity index (χ3n) is 3.30. The third kappa shape index (κ3) is 2.59. The van der Waals surface area contributed by atoms with Crippen molar-refractivity contribution in [2.75, 3.05) is 14.2 Å². The minimum absolute atomic E-state index is 0.214. The van der Waals surface area contributed by atoms with E-state index < -0.39 is 0 Å². The number of rotatable bonds is 5. The summed E-state index contributed by atoms with van der Waals surface area (Å²) < 4.78 is 10.8. The van der Waals surface area contributed by atoms with Crippen molar-refractivity contribution in [1.29, 1.82) is 0 Å². The van der Waals surface area contributed by atoms with Gasteiger partial charge in [-0.25, -0.2) is 5.43 Å². The molecule has 20 heavy (non-hydrogen) atoms. The average Bonchev–Trinajstić information content (AvgIpc) is 2.49. The lowest BCUT2D eigenvalue weighted by Crippen LogP contribution is -2.29. The van der Waals surface area contributed by atoms with Gasteiger partial charge < -0.3 is 9.47 Å². The van der Waals surface area contributed by atoms with Gasteiger partial charge in [0.2, 0.25) is 0 Å². The molecular formula is C15H19N3O2. The molecule has 2 aromatic rings. The predicted molar refractivity (Wildman–Crippen MR) is 77.7 cm³/mol. The maximum absolute atomic E-state index is 5.75. The molecule has 2 rings (SSSR count). The lowest BCUT2D eigenvalue weighted by molar-refractivity contribution is 0.349. The Morgan fingerprint density at radius 1 is 1.15 bits per heavy atom. The van der Waals surface area contributed by atoms with E-state index in [1.165, 1.54) is 0 Å². The first-order valence-electron chi connectivity index (χ1n) is 6.30. The second-order valence-electron chi connectivity index (χ2n) is 4.41. The highest BCUT2D eigenvalue weighted by Crippen LogP contribution is 2.37. The van der Waals surface area contributed by atoms with Gasteiger partial charge in [0.25, 0.3) is 0 Å². The van der Waals surface area contributed by atoms with Crippen molar-refractivity contribution in [2.45, 2.75) is 13.0 Å². The van der Waals surface area contributed by atoms with Crippen LogP contribution in [0.5, 0.6) is 11.5 Å². The summed E-state index contributed by atoms with van der Waals surface area (Å²) in [5, 5.41) is 0. The fraction of sp³-hybridized carbons (Fsp3) is 0.267. The molecule has 0 aliphatic carbocycles. The highest BCUT2D eigenvalue weighted by Gasteiger charge is 2.21. The number of benzene rings is 1. The number of ether oxygens (including phenoxy) is 2. The largest absolute Gasteiger partial charge is 0.493 e. The van der Waals surface area contributed by atoms with Gasteiger partial charge in [0, 0.05) is 18.0 Å². The SMILES string of the molecule is COc1cccc(C(NN)c2cnccc2C)c1OC. The fourth-order valence-corrected chi connectivity index (χ4v) is 2.26. The first-order chi connectivity index (χ1) is 9.72. The number of nitrogens with one attached hydrogen (secondary N) is 1. The maximum Gasteiger partial charge on any atom is 0.165 e. The predicted octanol–water partition coefficient (Wildman–Crippen LogP) is 1.96. The molecule has 0 saturated heterocycles. The van der Waals surface area contributed by atoms with Crippen molar-refractivity contribution >= 4 is 0 Å². The van der Waals surface area contributed by atoms with Gasteiger partial charge in [0.15, 0.2) is 11.5 Å². The van der Waals surface area contributed by atoms with E-state index in [1.54, 1.807) is 26.6 Å². The van der Waals surface area contributed by atoms with Gasteiger partial charge in [-0.3, -0.25) is 10.8 Å². The Morgan fingerprint density at radius 2 is 1.95 bits per heavy atom. The Morgan fingerprint density at radius 3 is 2.55 bits per heavy atom. The monoisotopic (exact) mass is 273 g/mol. The molecule has 1 unspecified atom stereocenters. The van der Waals surface area contributed by atoms with Crippen molar-refractivity contribution in [1.82, 2.24) is 10.4 Å². The molecule has 1 aromatic carbocycles. The van der Waals surface area contributed by atoms with E-state index in [0.29, 0.717) is 11.5 Å². The number of methoxy groups -OCH3 is 2. The summed E-state index contributed by atoms with van der Waals surface area (Å²) in [5.41, 5.74) is 5.84. The van der Waals surface area contributed by atoms with Crippen LogP contribution in [0.3, 0.4) is 0 Å². The van der Waals surface area contributed by atoms with Crippen molar-refractivity contribution in [3.05, 3.63) is 53.3 Å². The lowest BCUT2D eigenvalue weighted by atomic mass is 9.96. The smallest absolute Gasteiger partial charge is 0.165 e. The number of nitrogens with two attached hydrogens (primary N) is 1. The second-order valence-corrected chi connectivity index (χ2v) is 4.41. The Kier molecular flexibility index (Phi) is 4.55. The molecule has 0 aliphatic rings. The van der Waals surface area contributed by atoms with Crippen LogP contribution in [0.25, 0.3) is 0 Å². The minimum Gasteiger partial charge on any atom is -0.493 e. The van der Waals surface area contributed by atoms with Crippen molar-refractivity contribution in [3.63, 3.8) is 0 Å². The number of aromatic nitrogens is 1. The number of nitrogens with zero attached hydrogens (tertiary/aromatic N) is 1. The van der Waals surface area contributed by atoms with Crippen molar-refractivity contribution < 1.29 is 9.47 Å². The van der Waals surface area contributed by atoms with Crippen molar-refractivity contribution in [2.24, 2.45) is 5.84 Å². The summed E-state index contributed by atoms with van der Waals surface area (Å²) in [7, 11) is 3.23. The molecule has 0 bridgehead atoms. The second kappa shape index (κ2) is 6.36. The van der Waals surface area contributed by atoms with E-state index in [9.17, 15) is 0 Å². The highest BCUT2D eigenvalue weighted by atomic mass is 16.5. The van der Waals surface area contributed by atoms with E-state index >= 15 is 0 Å². The maximum atomic E-state index is 5.75. The number of hydrazine groups is 1. The first-order valence-corrected chi connectivity index (χ1v) is 6.30. The first kappa shape index (κ1) is 14.3. The minimum atomic E-state index is -0.214. The van der Waals surface area contributed by atoms with Gasteiger partial charge in [0.1, 0.15) is 0 Å². The number of hydrogen-bond acceptors (Lipinski definition) is 5. The third-order valence-corrected chi connectivity index (χ3v) is 3.30. The summed E-state index contributed by atoms with van der Waals surface area (Å²) >= 11 is 0. The number of pyridine rings is 1. The molecule has 0 aliphatic heterocycles. The topological polar surface area (TPSA) is 69.4 Å². The fourth-order valence-electron chi connectivity index (χ4n) is 2.26. The van der Waals surface area contributed by atoms with Crippen molar-refractivity contribution in [3.8, 4) is 11.5 Å². The van der Waals surface area contributed by atoms with Gasteiger partial charge in [0.05, 0.1) is 20.3 Å². The summed E-state index contributed by atoms with van der Waals surface area (Å²) in [6.07, 6.45) is 3.56. The van der Waals surface area contributed by atoms with Crippen LogP contribution in [0.4, 0.5) is 0 Å². The molecule has 0 fully saturated rings. The Bertz CT molecular complexity index is 587. The van der Waals surface area contributed by atoms with Crippen LogP contribution in [0.15, 0.2) is 36.7 Å². The van der Waals surface area contributed by atoms with Crippen LogP contribution in [-0.4, -0.2) is 19.2 Å². The Balaban J connectivity index is 2.55. The van der Waals surface area contributed by atoms with E-state index in [2.05, 4.69) is 10.4 Å². The van der Waals surface area contributed by atoms with Crippen LogP contribution in [0.1, 0.15) is 22.7 Å². The average molecular weight is 273 g/mol. The quantitative estimate of drug-likeness (QED) is 0.644. The normalized spacial score (nSPS) is 12.0. The zero-order valence-corrected chi connectivity index (χ0v) is 11.9. The zero-order chi connectivity index (χ0) is 14.5. The van der Waals surface area contributed by atoms with Gasteiger partial charge >= 0.3 is 0 Å². The molecule has 0 spiro atoms. The van der Waals surface area contributed by atoms with E-state index in [4.69, 9.17) is 15.3 Å². The van der Waals surface area contributed by atoms with Crippen LogP contribution < -0.4 is 20.7 Å². The molecule has 5 heteroatoms. The lowest BCUT2D eigenvalue weighted by Gasteiger charge is -2.22. The van der Waals surface area contributed by atoms with Gasteiger partial charge in [-0.1, -0.05) is 12.1 Å². The van der Waals surface area contributed by atoms with E-state index in [1.807, 2.05) is 31.2 Å². The summed E-state index contributed by atoms with van der Waals surface area (Å²) in [5.74, 6) is 7.09. The van der Waals surface area contributed by atoms with Crippen LogP contribution >= 0.6 is 0 Å². The molecule has 5 nitrogen and oxygen atoms in total. The van der Waals surface area contributed by atoms with E-state index in [-0.39, 0.29) is 6.04 Å². The Hall–Kier alpha value is -2.11. The van der Waals surface area contributed by atoms with Crippen LogP contribution in [-0.2, 0) is 0 Å². The molecule has 1 aromatic heterocycles. The summed E-state index contributed by atoms with van der Waals surface area (Å²) in [6, 6.07) is 7.46. The molecule has 3 N–H and O–H groups in total. The molecule has 0 saturated carbocycles. The number of para-hydroxylation sites is 1. The molecule has 106 valence electrons. The number of hydrogen-bond donors (Lipinski definition) is 2. The standard InChI is InChI=1S/C15H19N3O2/c1-10-7-8-17-9-12(10)14(18-16)11-5-4-6-13(19-2)15(11)20-3/h4-9,14,18H,16H2,1-3H3. The van der Waals surface area contributed by atoms with Gasteiger partial charge in [-0.05, 0) is 30.2 Å². The molecule has 0 radical (unpaired) electrons. The van der Waals surface area contributed by atoms with Gasteiger partial charge in [-0.15, -0.1) is 0 Å². The van der Waals surface area contributed by atoms with Crippen LogP contribution in [0, 0.1) is 6.92 Å². The zero-order valence-electron chi connectivity index (χ0n) is 11.9. The number of aryl methyl sites for hydroxylation is 1. The molecule has 0 amide bonds. The highest BCUT2D eigenvalue weighted by molar-refractivity contribution is 5.51. The van der Waals surface area contributed by atoms with Crippen LogP contribution in [0.2, 0.25) is 0 Å². The Labute approximate surface area is 118 Å².